The number of rotatable bonds is 2. The highest BCUT2D eigenvalue weighted by atomic mass is 16.3. The SMILES string of the molecule is CC1(O)CCCN(C(=O)CCN)CC1. The van der Waals surface area contributed by atoms with Crippen LogP contribution >= 0.6 is 0 Å². The van der Waals surface area contributed by atoms with Crippen LogP contribution in [-0.2, 0) is 4.79 Å². The maximum absolute atomic E-state index is 11.5. The van der Waals surface area contributed by atoms with Crippen LogP contribution in [0.15, 0.2) is 0 Å². The minimum absolute atomic E-state index is 0.116. The smallest absolute Gasteiger partial charge is 0.223 e. The van der Waals surface area contributed by atoms with Crippen molar-refractivity contribution in [3.05, 3.63) is 0 Å². The molecule has 0 aromatic rings. The standard InChI is InChI=1S/C10H20N2O2/c1-10(14)4-2-7-12(8-5-10)9(13)3-6-11/h14H,2-8,11H2,1H3. The molecule has 1 rings (SSSR count). The highest BCUT2D eigenvalue weighted by Crippen LogP contribution is 2.21. The summed E-state index contributed by atoms with van der Waals surface area (Å²) in [6.07, 6.45) is 2.74. The van der Waals surface area contributed by atoms with E-state index in [1.165, 1.54) is 0 Å². The van der Waals surface area contributed by atoms with Crippen LogP contribution in [0.3, 0.4) is 0 Å². The van der Waals surface area contributed by atoms with Gasteiger partial charge in [0.15, 0.2) is 0 Å². The molecular formula is C10H20N2O2. The number of amides is 1. The van der Waals surface area contributed by atoms with Crippen LogP contribution in [0, 0.1) is 0 Å². The van der Waals surface area contributed by atoms with E-state index in [2.05, 4.69) is 0 Å². The van der Waals surface area contributed by atoms with Gasteiger partial charge in [-0.15, -0.1) is 0 Å². The Morgan fingerprint density at radius 3 is 2.86 bits per heavy atom. The summed E-state index contributed by atoms with van der Waals surface area (Å²) < 4.78 is 0. The monoisotopic (exact) mass is 200 g/mol. The second kappa shape index (κ2) is 4.75. The summed E-state index contributed by atoms with van der Waals surface area (Å²) in [6, 6.07) is 0. The zero-order valence-electron chi connectivity index (χ0n) is 8.83. The largest absolute Gasteiger partial charge is 0.390 e. The van der Waals surface area contributed by atoms with Gasteiger partial charge in [-0.1, -0.05) is 0 Å². The first-order valence-corrected chi connectivity index (χ1v) is 5.25. The number of carbonyl (C=O) groups is 1. The van der Waals surface area contributed by atoms with Gasteiger partial charge in [0.2, 0.25) is 5.91 Å². The minimum Gasteiger partial charge on any atom is -0.390 e. The lowest BCUT2D eigenvalue weighted by Crippen LogP contribution is -2.34. The van der Waals surface area contributed by atoms with E-state index in [0.717, 1.165) is 19.4 Å². The van der Waals surface area contributed by atoms with E-state index in [4.69, 9.17) is 5.73 Å². The van der Waals surface area contributed by atoms with Crippen molar-refractivity contribution >= 4 is 5.91 Å². The van der Waals surface area contributed by atoms with Gasteiger partial charge in [-0.05, 0) is 26.2 Å². The number of hydrogen-bond acceptors (Lipinski definition) is 3. The lowest BCUT2D eigenvalue weighted by atomic mass is 9.98. The Labute approximate surface area is 85.1 Å². The molecule has 1 atom stereocenters. The van der Waals surface area contributed by atoms with Crippen LogP contribution in [0.5, 0.6) is 0 Å². The van der Waals surface area contributed by atoms with Gasteiger partial charge in [-0.2, -0.15) is 0 Å². The first kappa shape index (κ1) is 11.5. The second-order valence-corrected chi connectivity index (χ2v) is 4.27. The van der Waals surface area contributed by atoms with Crippen LogP contribution in [0.4, 0.5) is 0 Å². The molecule has 1 aliphatic rings. The summed E-state index contributed by atoms with van der Waals surface area (Å²) in [4.78, 5) is 13.3. The molecule has 4 heteroatoms. The van der Waals surface area contributed by atoms with Crippen molar-refractivity contribution in [2.75, 3.05) is 19.6 Å². The molecule has 0 saturated carbocycles. The van der Waals surface area contributed by atoms with E-state index in [1.807, 2.05) is 11.8 Å². The molecule has 0 aliphatic carbocycles. The third-order valence-electron chi connectivity index (χ3n) is 2.77. The third-order valence-corrected chi connectivity index (χ3v) is 2.77. The summed E-state index contributed by atoms with van der Waals surface area (Å²) in [5.41, 5.74) is 4.73. The fraction of sp³-hybridized carbons (Fsp3) is 0.900. The Hall–Kier alpha value is -0.610. The van der Waals surface area contributed by atoms with Gasteiger partial charge in [-0.3, -0.25) is 4.79 Å². The summed E-state index contributed by atoms with van der Waals surface area (Å²) >= 11 is 0. The van der Waals surface area contributed by atoms with E-state index in [0.29, 0.717) is 25.9 Å². The summed E-state index contributed by atoms with van der Waals surface area (Å²) in [6.45, 7) is 3.66. The average molecular weight is 200 g/mol. The topological polar surface area (TPSA) is 66.6 Å². The van der Waals surface area contributed by atoms with Gasteiger partial charge in [-0.25, -0.2) is 0 Å². The molecule has 1 unspecified atom stereocenters. The molecule has 1 fully saturated rings. The van der Waals surface area contributed by atoms with E-state index < -0.39 is 5.60 Å². The lowest BCUT2D eigenvalue weighted by Gasteiger charge is -2.22. The van der Waals surface area contributed by atoms with Crippen molar-refractivity contribution in [2.24, 2.45) is 5.73 Å². The lowest BCUT2D eigenvalue weighted by molar-refractivity contribution is -0.131. The fourth-order valence-electron chi connectivity index (χ4n) is 1.79. The van der Waals surface area contributed by atoms with Crippen molar-refractivity contribution in [3.63, 3.8) is 0 Å². The van der Waals surface area contributed by atoms with Gasteiger partial charge in [0.1, 0.15) is 0 Å². The molecule has 4 nitrogen and oxygen atoms in total. The molecule has 1 saturated heterocycles. The third kappa shape index (κ3) is 3.27. The summed E-state index contributed by atoms with van der Waals surface area (Å²) in [7, 11) is 0. The van der Waals surface area contributed by atoms with Crippen molar-refractivity contribution < 1.29 is 9.90 Å². The number of nitrogens with two attached hydrogens (primary N) is 1. The van der Waals surface area contributed by atoms with Crippen molar-refractivity contribution in [3.8, 4) is 0 Å². The predicted molar refractivity (Wildman–Crippen MR) is 54.7 cm³/mol. The number of carbonyl (C=O) groups excluding carboxylic acids is 1. The molecule has 1 amide bonds. The molecule has 0 aromatic carbocycles. The maximum atomic E-state index is 11.5. The number of hydrogen-bond donors (Lipinski definition) is 2. The molecule has 0 aromatic heterocycles. The summed E-state index contributed by atoms with van der Waals surface area (Å²) in [5, 5.41) is 9.82. The molecule has 3 N–H and O–H groups in total. The minimum atomic E-state index is -0.599. The Morgan fingerprint density at radius 2 is 2.21 bits per heavy atom. The Balaban J connectivity index is 2.45. The van der Waals surface area contributed by atoms with Gasteiger partial charge in [0, 0.05) is 26.1 Å². The first-order chi connectivity index (χ1) is 6.55. The quantitative estimate of drug-likeness (QED) is 0.664. The Bertz CT molecular complexity index is 204. The van der Waals surface area contributed by atoms with Gasteiger partial charge >= 0.3 is 0 Å². The van der Waals surface area contributed by atoms with E-state index in [1.54, 1.807) is 0 Å². The number of likely N-dealkylation sites (tertiary alicyclic amines) is 1. The predicted octanol–water partition coefficient (Wildman–Crippen LogP) is 0.0987. The fourth-order valence-corrected chi connectivity index (χ4v) is 1.79. The first-order valence-electron chi connectivity index (χ1n) is 5.25. The van der Waals surface area contributed by atoms with Crippen molar-refractivity contribution in [1.82, 2.24) is 4.90 Å². The van der Waals surface area contributed by atoms with Crippen LogP contribution in [0.2, 0.25) is 0 Å². The normalized spacial score (nSPS) is 28.6. The van der Waals surface area contributed by atoms with Crippen molar-refractivity contribution in [2.45, 2.75) is 38.2 Å². The van der Waals surface area contributed by atoms with Crippen LogP contribution < -0.4 is 5.73 Å². The highest BCUT2D eigenvalue weighted by Gasteiger charge is 2.26. The van der Waals surface area contributed by atoms with E-state index >= 15 is 0 Å². The Morgan fingerprint density at radius 1 is 1.50 bits per heavy atom. The summed E-state index contributed by atoms with van der Waals surface area (Å²) in [5.74, 6) is 0.116. The van der Waals surface area contributed by atoms with Gasteiger partial charge in [0.05, 0.1) is 5.60 Å². The molecule has 1 aliphatic heterocycles. The van der Waals surface area contributed by atoms with E-state index in [-0.39, 0.29) is 5.91 Å². The average Bonchev–Trinajstić information content (AvgIpc) is 2.27. The molecule has 82 valence electrons. The number of aliphatic hydroxyl groups is 1. The zero-order chi connectivity index (χ0) is 10.6. The Kier molecular flexibility index (Phi) is 3.89. The van der Waals surface area contributed by atoms with Gasteiger partial charge < -0.3 is 15.7 Å². The highest BCUT2D eigenvalue weighted by molar-refractivity contribution is 5.76. The van der Waals surface area contributed by atoms with E-state index in [9.17, 15) is 9.90 Å². The molecule has 0 spiro atoms. The zero-order valence-corrected chi connectivity index (χ0v) is 8.83. The molecule has 14 heavy (non-hydrogen) atoms. The molecule has 1 heterocycles. The maximum Gasteiger partial charge on any atom is 0.223 e. The van der Waals surface area contributed by atoms with Crippen molar-refractivity contribution in [1.29, 1.82) is 0 Å². The van der Waals surface area contributed by atoms with Crippen LogP contribution in [0.25, 0.3) is 0 Å². The second-order valence-electron chi connectivity index (χ2n) is 4.27. The van der Waals surface area contributed by atoms with Crippen LogP contribution in [0.1, 0.15) is 32.6 Å². The molecular weight excluding hydrogens is 180 g/mol. The molecule has 0 bridgehead atoms. The van der Waals surface area contributed by atoms with Gasteiger partial charge in [0.25, 0.3) is 0 Å². The molecule has 0 radical (unpaired) electrons. The number of nitrogens with zero attached hydrogens (tertiary/aromatic N) is 1. The van der Waals surface area contributed by atoms with Crippen LogP contribution in [-0.4, -0.2) is 41.1 Å².